The van der Waals surface area contributed by atoms with Crippen LogP contribution in [-0.2, 0) is 4.79 Å². The monoisotopic (exact) mass is 190 g/mol. The van der Waals surface area contributed by atoms with Crippen molar-refractivity contribution in [2.45, 2.75) is 13.8 Å². The maximum atomic E-state index is 10.4. The summed E-state index contributed by atoms with van der Waals surface area (Å²) in [4.78, 5) is 10.4. The number of nitrogen functional groups attached to an aromatic ring is 1. The highest BCUT2D eigenvalue weighted by Crippen LogP contribution is 2.22. The molecule has 3 heteroatoms. The zero-order valence-electron chi connectivity index (χ0n) is 8.20. The first kappa shape index (κ1) is 10.3. The van der Waals surface area contributed by atoms with Gasteiger partial charge in [-0.15, -0.1) is 0 Å². The van der Waals surface area contributed by atoms with Gasteiger partial charge in [-0.1, -0.05) is 12.1 Å². The molecule has 0 aliphatic rings. The Hall–Kier alpha value is -1.77. The summed E-state index contributed by atoms with van der Waals surface area (Å²) in [7, 11) is 0. The second-order valence-electron chi connectivity index (χ2n) is 3.17. The number of benzene rings is 1. The first-order valence-electron chi connectivity index (χ1n) is 4.27. The van der Waals surface area contributed by atoms with Crippen LogP contribution in [0.4, 0.5) is 5.69 Å². The summed E-state index contributed by atoms with van der Waals surface area (Å²) in [6.45, 7) is 3.58. The van der Waals surface area contributed by atoms with Gasteiger partial charge in [0.25, 0.3) is 0 Å². The maximum absolute atomic E-state index is 10.4. The van der Waals surface area contributed by atoms with Crippen molar-refractivity contribution in [3.63, 3.8) is 0 Å². The lowest BCUT2D eigenvalue weighted by Gasteiger charge is -2.08. The van der Waals surface area contributed by atoms with Crippen LogP contribution in [0.15, 0.2) is 24.3 Å². The number of carboxylic acid groups (broad SMARTS) is 1. The van der Waals surface area contributed by atoms with Crippen molar-refractivity contribution in [3.05, 3.63) is 35.4 Å². The van der Waals surface area contributed by atoms with Gasteiger partial charge in [-0.25, -0.2) is 0 Å². The Bertz CT molecular complexity index is 394. The van der Waals surface area contributed by atoms with Gasteiger partial charge in [0.1, 0.15) is 0 Å². The Morgan fingerprint density at radius 1 is 1.50 bits per heavy atom. The van der Waals surface area contributed by atoms with Crippen LogP contribution in [0.5, 0.6) is 0 Å². The van der Waals surface area contributed by atoms with E-state index in [-0.39, 0.29) is 0 Å². The summed E-state index contributed by atoms with van der Waals surface area (Å²) in [5, 5.41) is 10.4. The summed E-state index contributed by atoms with van der Waals surface area (Å²) in [6, 6.07) is 5.41. The van der Waals surface area contributed by atoms with Gasteiger partial charge in [-0.2, -0.15) is 0 Å². The molecule has 0 amide bonds. The zero-order valence-corrected chi connectivity index (χ0v) is 8.20. The molecule has 1 aromatic carbocycles. The molecular formula is C11H12NO2-. The quantitative estimate of drug-likeness (QED) is 0.552. The van der Waals surface area contributed by atoms with E-state index in [4.69, 9.17) is 5.73 Å². The average Bonchev–Trinajstić information content (AvgIpc) is 2.08. The van der Waals surface area contributed by atoms with Crippen LogP contribution in [0.2, 0.25) is 0 Å². The zero-order chi connectivity index (χ0) is 10.7. The highest BCUT2D eigenvalue weighted by molar-refractivity contribution is 5.89. The van der Waals surface area contributed by atoms with Gasteiger partial charge in [0.05, 0.1) is 5.97 Å². The van der Waals surface area contributed by atoms with E-state index in [1.807, 2.05) is 13.0 Å². The Balaban J connectivity index is 3.20. The van der Waals surface area contributed by atoms with Gasteiger partial charge in [0.2, 0.25) is 0 Å². The molecular weight excluding hydrogens is 178 g/mol. The molecule has 3 nitrogen and oxygen atoms in total. The number of nitrogens with two attached hydrogens (primary N) is 1. The van der Waals surface area contributed by atoms with E-state index in [9.17, 15) is 9.90 Å². The lowest BCUT2D eigenvalue weighted by molar-refractivity contribution is -0.297. The van der Waals surface area contributed by atoms with Gasteiger partial charge in [-0.3, -0.25) is 0 Å². The summed E-state index contributed by atoms with van der Waals surface area (Å²) in [6.07, 6.45) is 1.07. The molecule has 0 atom stereocenters. The standard InChI is InChI=1S/C11H13NO2/c1-7(6-11(13)14)9-4-3-5-10(12)8(9)2/h3-6H,12H2,1-2H3,(H,13,14)/p-1/b7-6+. The van der Waals surface area contributed by atoms with Crippen molar-refractivity contribution in [1.29, 1.82) is 0 Å². The van der Waals surface area contributed by atoms with Crippen molar-refractivity contribution in [2.75, 3.05) is 5.73 Å². The van der Waals surface area contributed by atoms with Crippen molar-refractivity contribution in [1.82, 2.24) is 0 Å². The summed E-state index contributed by atoms with van der Waals surface area (Å²) in [5.74, 6) is -1.19. The topological polar surface area (TPSA) is 66.1 Å². The third-order valence-electron chi connectivity index (χ3n) is 2.13. The second-order valence-corrected chi connectivity index (χ2v) is 3.17. The number of carbonyl (C=O) groups is 1. The van der Waals surface area contributed by atoms with Crippen LogP contribution in [0.1, 0.15) is 18.1 Å². The molecule has 0 aromatic heterocycles. The average molecular weight is 190 g/mol. The largest absolute Gasteiger partial charge is 0.545 e. The number of rotatable bonds is 2. The number of hydrogen-bond donors (Lipinski definition) is 1. The van der Waals surface area contributed by atoms with E-state index in [0.29, 0.717) is 11.3 Å². The molecule has 1 aromatic rings. The van der Waals surface area contributed by atoms with Gasteiger partial charge < -0.3 is 15.6 Å². The molecule has 0 aliphatic heterocycles. The maximum Gasteiger partial charge on any atom is 0.0645 e. The number of carbonyl (C=O) groups excluding carboxylic acids is 1. The van der Waals surface area contributed by atoms with Crippen LogP contribution >= 0.6 is 0 Å². The minimum Gasteiger partial charge on any atom is -0.545 e. The van der Waals surface area contributed by atoms with E-state index < -0.39 is 5.97 Å². The molecule has 0 spiro atoms. The Kier molecular flexibility index (Phi) is 2.92. The summed E-state index contributed by atoms with van der Waals surface area (Å²) in [5.41, 5.74) is 8.74. The molecule has 74 valence electrons. The molecule has 0 aliphatic carbocycles. The van der Waals surface area contributed by atoms with Gasteiger partial charge >= 0.3 is 0 Å². The molecule has 0 radical (unpaired) electrons. The van der Waals surface area contributed by atoms with Crippen molar-refractivity contribution in [3.8, 4) is 0 Å². The lowest BCUT2D eigenvalue weighted by Crippen LogP contribution is -2.19. The van der Waals surface area contributed by atoms with Crippen molar-refractivity contribution < 1.29 is 9.90 Å². The number of allylic oxidation sites excluding steroid dienone is 1. The Morgan fingerprint density at radius 3 is 2.71 bits per heavy atom. The SMILES string of the molecule is C/C(=C\C(=O)[O-])c1cccc(N)c1C. The molecule has 14 heavy (non-hydrogen) atoms. The number of aliphatic carboxylic acids is 1. The molecule has 0 saturated carbocycles. The first-order valence-corrected chi connectivity index (χ1v) is 4.27. The molecule has 0 unspecified atom stereocenters. The van der Waals surface area contributed by atoms with E-state index in [1.165, 1.54) is 0 Å². The first-order chi connectivity index (χ1) is 6.52. The molecule has 1 rings (SSSR count). The molecule has 0 fully saturated rings. The highest BCUT2D eigenvalue weighted by Gasteiger charge is 2.02. The third-order valence-corrected chi connectivity index (χ3v) is 2.13. The van der Waals surface area contributed by atoms with E-state index in [2.05, 4.69) is 0 Å². The smallest absolute Gasteiger partial charge is 0.0645 e. The minimum atomic E-state index is -1.19. The van der Waals surface area contributed by atoms with Crippen LogP contribution in [0, 0.1) is 6.92 Å². The van der Waals surface area contributed by atoms with Crippen LogP contribution < -0.4 is 10.8 Å². The molecule has 0 heterocycles. The predicted molar refractivity (Wildman–Crippen MR) is 54.2 cm³/mol. The van der Waals surface area contributed by atoms with Crippen LogP contribution in [-0.4, -0.2) is 5.97 Å². The predicted octanol–water partition coefficient (Wildman–Crippen LogP) is 0.730. The number of anilines is 1. The minimum absolute atomic E-state index is 0.648. The van der Waals surface area contributed by atoms with Crippen LogP contribution in [0.25, 0.3) is 5.57 Å². The summed E-state index contributed by atoms with van der Waals surface area (Å²) < 4.78 is 0. The van der Waals surface area contributed by atoms with Gasteiger partial charge in [0.15, 0.2) is 0 Å². The van der Waals surface area contributed by atoms with Gasteiger partial charge in [-0.05, 0) is 42.7 Å². The third kappa shape index (κ3) is 2.13. The fourth-order valence-electron chi connectivity index (χ4n) is 1.34. The van der Waals surface area contributed by atoms with Crippen molar-refractivity contribution in [2.24, 2.45) is 0 Å². The van der Waals surface area contributed by atoms with Gasteiger partial charge in [0, 0.05) is 5.69 Å². The fourth-order valence-corrected chi connectivity index (χ4v) is 1.34. The Labute approximate surface area is 82.9 Å². The normalized spacial score (nSPS) is 11.4. The van der Waals surface area contributed by atoms with E-state index in [0.717, 1.165) is 17.2 Å². The molecule has 0 saturated heterocycles. The summed E-state index contributed by atoms with van der Waals surface area (Å²) >= 11 is 0. The van der Waals surface area contributed by atoms with Crippen molar-refractivity contribution >= 4 is 17.2 Å². The molecule has 0 bridgehead atoms. The van der Waals surface area contributed by atoms with E-state index in [1.54, 1.807) is 19.1 Å². The van der Waals surface area contributed by atoms with E-state index >= 15 is 0 Å². The second kappa shape index (κ2) is 3.96. The fraction of sp³-hybridized carbons (Fsp3) is 0.182. The lowest BCUT2D eigenvalue weighted by atomic mass is 10.0. The van der Waals surface area contributed by atoms with Crippen LogP contribution in [0.3, 0.4) is 0 Å². The molecule has 2 N–H and O–H groups in total. The number of carboxylic acids is 1. The highest BCUT2D eigenvalue weighted by atomic mass is 16.4. The number of hydrogen-bond acceptors (Lipinski definition) is 3. The Morgan fingerprint density at radius 2 is 2.14 bits per heavy atom.